The molecule has 0 amide bonds. The van der Waals surface area contributed by atoms with Crippen molar-refractivity contribution < 1.29 is 14.6 Å². The van der Waals surface area contributed by atoms with Gasteiger partial charge in [-0.3, -0.25) is 4.79 Å². The van der Waals surface area contributed by atoms with E-state index in [4.69, 9.17) is 9.84 Å². The van der Waals surface area contributed by atoms with Crippen LogP contribution in [0.15, 0.2) is 24.3 Å². The van der Waals surface area contributed by atoms with E-state index in [1.807, 2.05) is 0 Å². The lowest BCUT2D eigenvalue weighted by molar-refractivity contribution is 0.112. The number of benzene rings is 1. The van der Waals surface area contributed by atoms with Crippen LogP contribution in [-0.2, 0) is 0 Å². The Morgan fingerprint density at radius 1 is 1.21 bits per heavy atom. The number of aliphatic hydroxyl groups is 1. The van der Waals surface area contributed by atoms with Crippen LogP contribution in [0.1, 0.15) is 23.2 Å². The Morgan fingerprint density at radius 2 is 1.93 bits per heavy atom. The molecule has 0 spiro atoms. The highest BCUT2D eigenvalue weighted by Crippen LogP contribution is 2.11. The molecule has 1 aromatic rings. The van der Waals surface area contributed by atoms with E-state index in [1.54, 1.807) is 24.3 Å². The van der Waals surface area contributed by atoms with Gasteiger partial charge in [0.05, 0.1) is 6.61 Å². The number of unbranched alkanes of at least 4 members (excludes halogenated alkanes) is 1. The van der Waals surface area contributed by atoms with Crippen molar-refractivity contribution in [2.24, 2.45) is 0 Å². The smallest absolute Gasteiger partial charge is 0.150 e. The fourth-order valence-corrected chi connectivity index (χ4v) is 1.05. The number of hydrogen-bond donors (Lipinski definition) is 1. The van der Waals surface area contributed by atoms with Crippen LogP contribution in [-0.4, -0.2) is 24.6 Å². The van der Waals surface area contributed by atoms with Gasteiger partial charge in [-0.05, 0) is 37.1 Å². The van der Waals surface area contributed by atoms with Gasteiger partial charge in [-0.15, -0.1) is 0 Å². The third-order valence-electron chi connectivity index (χ3n) is 1.84. The second-order valence-electron chi connectivity index (χ2n) is 2.97. The van der Waals surface area contributed by atoms with Gasteiger partial charge < -0.3 is 9.84 Å². The molecule has 76 valence electrons. The molecule has 0 heterocycles. The predicted molar refractivity (Wildman–Crippen MR) is 53.6 cm³/mol. The first-order valence-electron chi connectivity index (χ1n) is 4.65. The lowest BCUT2D eigenvalue weighted by Crippen LogP contribution is -1.98. The monoisotopic (exact) mass is 194 g/mol. The Labute approximate surface area is 83.3 Å². The summed E-state index contributed by atoms with van der Waals surface area (Å²) in [5, 5.41) is 8.54. The van der Waals surface area contributed by atoms with Crippen LogP contribution in [0.5, 0.6) is 5.75 Å². The van der Waals surface area contributed by atoms with Crippen molar-refractivity contribution in [1.82, 2.24) is 0 Å². The zero-order chi connectivity index (χ0) is 10.2. The zero-order valence-corrected chi connectivity index (χ0v) is 7.98. The summed E-state index contributed by atoms with van der Waals surface area (Å²) in [6.45, 7) is 0.800. The van der Waals surface area contributed by atoms with E-state index in [1.165, 1.54) is 0 Å². The van der Waals surface area contributed by atoms with E-state index in [2.05, 4.69) is 0 Å². The SMILES string of the molecule is O=Cc1ccc(OCCCCO)cc1. The minimum atomic E-state index is 0.202. The number of aldehydes is 1. The van der Waals surface area contributed by atoms with E-state index >= 15 is 0 Å². The van der Waals surface area contributed by atoms with Crippen LogP contribution in [0.2, 0.25) is 0 Å². The first-order valence-corrected chi connectivity index (χ1v) is 4.65. The largest absolute Gasteiger partial charge is 0.494 e. The normalized spacial score (nSPS) is 9.79. The maximum absolute atomic E-state index is 10.3. The molecule has 3 nitrogen and oxygen atoms in total. The standard InChI is InChI=1S/C11H14O3/c12-7-1-2-8-14-11-5-3-10(9-13)4-6-11/h3-6,9,12H,1-2,7-8H2. The molecule has 14 heavy (non-hydrogen) atoms. The van der Waals surface area contributed by atoms with Crippen molar-refractivity contribution in [2.75, 3.05) is 13.2 Å². The summed E-state index contributed by atoms with van der Waals surface area (Å²) in [5.74, 6) is 0.758. The summed E-state index contributed by atoms with van der Waals surface area (Å²) < 4.78 is 5.38. The maximum Gasteiger partial charge on any atom is 0.150 e. The molecular formula is C11H14O3. The molecule has 0 aliphatic heterocycles. The number of carbonyl (C=O) groups is 1. The fourth-order valence-electron chi connectivity index (χ4n) is 1.05. The quantitative estimate of drug-likeness (QED) is 0.553. The van der Waals surface area contributed by atoms with E-state index in [9.17, 15) is 4.79 Å². The average Bonchev–Trinajstić information content (AvgIpc) is 2.25. The Morgan fingerprint density at radius 3 is 2.50 bits per heavy atom. The molecule has 0 aliphatic rings. The number of carbonyl (C=O) groups excluding carboxylic acids is 1. The van der Waals surface area contributed by atoms with Crippen molar-refractivity contribution >= 4 is 6.29 Å². The van der Waals surface area contributed by atoms with Crippen molar-refractivity contribution in [2.45, 2.75) is 12.8 Å². The van der Waals surface area contributed by atoms with E-state index < -0.39 is 0 Å². The molecule has 0 saturated carbocycles. The van der Waals surface area contributed by atoms with Crippen LogP contribution >= 0.6 is 0 Å². The van der Waals surface area contributed by atoms with E-state index in [0.29, 0.717) is 12.2 Å². The van der Waals surface area contributed by atoms with Crippen molar-refractivity contribution in [3.8, 4) is 5.75 Å². The first kappa shape index (κ1) is 10.7. The number of ether oxygens (including phenoxy) is 1. The Hall–Kier alpha value is -1.35. The van der Waals surface area contributed by atoms with Gasteiger partial charge in [-0.1, -0.05) is 0 Å². The fraction of sp³-hybridized carbons (Fsp3) is 0.364. The topological polar surface area (TPSA) is 46.5 Å². The number of aliphatic hydroxyl groups excluding tert-OH is 1. The minimum Gasteiger partial charge on any atom is -0.494 e. The van der Waals surface area contributed by atoms with Crippen LogP contribution < -0.4 is 4.74 Å². The highest BCUT2D eigenvalue weighted by molar-refractivity contribution is 5.74. The molecule has 0 aromatic heterocycles. The van der Waals surface area contributed by atoms with Gasteiger partial charge in [-0.2, -0.15) is 0 Å². The van der Waals surface area contributed by atoms with Gasteiger partial charge in [0.2, 0.25) is 0 Å². The second-order valence-corrected chi connectivity index (χ2v) is 2.97. The summed E-state index contributed by atoms with van der Waals surface area (Å²) in [6.07, 6.45) is 2.40. The lowest BCUT2D eigenvalue weighted by Gasteiger charge is -2.04. The first-order chi connectivity index (χ1) is 6.86. The average molecular weight is 194 g/mol. The number of rotatable bonds is 6. The zero-order valence-electron chi connectivity index (χ0n) is 7.98. The molecule has 1 aromatic carbocycles. The van der Waals surface area contributed by atoms with Gasteiger partial charge in [0.25, 0.3) is 0 Å². The molecule has 0 unspecified atom stereocenters. The van der Waals surface area contributed by atoms with Crippen LogP contribution in [0, 0.1) is 0 Å². The van der Waals surface area contributed by atoms with Crippen molar-refractivity contribution in [3.05, 3.63) is 29.8 Å². The highest BCUT2D eigenvalue weighted by atomic mass is 16.5. The molecule has 0 bridgehead atoms. The van der Waals surface area contributed by atoms with Crippen molar-refractivity contribution in [3.63, 3.8) is 0 Å². The molecular weight excluding hydrogens is 180 g/mol. The van der Waals surface area contributed by atoms with Gasteiger partial charge in [0.15, 0.2) is 0 Å². The molecule has 1 N–H and O–H groups in total. The Kier molecular flexibility index (Phi) is 4.72. The second kappa shape index (κ2) is 6.16. The maximum atomic E-state index is 10.3. The molecule has 0 fully saturated rings. The summed E-state index contributed by atoms with van der Waals surface area (Å²) in [6, 6.07) is 6.97. The molecule has 0 radical (unpaired) electrons. The van der Waals surface area contributed by atoms with Gasteiger partial charge in [0, 0.05) is 12.2 Å². The van der Waals surface area contributed by atoms with Crippen LogP contribution in [0.4, 0.5) is 0 Å². The summed E-state index contributed by atoms with van der Waals surface area (Å²) in [7, 11) is 0. The highest BCUT2D eigenvalue weighted by Gasteiger charge is 1.94. The van der Waals surface area contributed by atoms with Gasteiger partial charge in [0.1, 0.15) is 12.0 Å². The van der Waals surface area contributed by atoms with Crippen LogP contribution in [0.25, 0.3) is 0 Å². The molecule has 1 rings (SSSR count). The third kappa shape index (κ3) is 3.58. The summed E-state index contributed by atoms with van der Waals surface area (Å²) in [5.41, 5.74) is 0.646. The molecule has 0 aliphatic carbocycles. The third-order valence-corrected chi connectivity index (χ3v) is 1.84. The summed E-state index contributed by atoms with van der Waals surface area (Å²) in [4.78, 5) is 10.3. The molecule has 0 atom stereocenters. The minimum absolute atomic E-state index is 0.202. The van der Waals surface area contributed by atoms with Crippen molar-refractivity contribution in [1.29, 1.82) is 0 Å². The van der Waals surface area contributed by atoms with E-state index in [0.717, 1.165) is 24.9 Å². The van der Waals surface area contributed by atoms with Gasteiger partial charge in [-0.25, -0.2) is 0 Å². The van der Waals surface area contributed by atoms with Gasteiger partial charge >= 0.3 is 0 Å². The molecule has 0 saturated heterocycles. The predicted octanol–water partition coefficient (Wildman–Crippen LogP) is 1.65. The molecule has 3 heteroatoms. The number of hydrogen-bond acceptors (Lipinski definition) is 3. The Bertz CT molecular complexity index is 266. The Balaban J connectivity index is 2.32. The van der Waals surface area contributed by atoms with Crippen LogP contribution in [0.3, 0.4) is 0 Å². The van der Waals surface area contributed by atoms with E-state index in [-0.39, 0.29) is 6.61 Å². The summed E-state index contributed by atoms with van der Waals surface area (Å²) >= 11 is 0. The lowest BCUT2D eigenvalue weighted by atomic mass is 10.2.